The molecule has 0 N–H and O–H groups in total. The van der Waals surface area contributed by atoms with Crippen molar-refractivity contribution in [1.82, 2.24) is 19.7 Å². The fraction of sp³-hybridized carbons (Fsp3) is 0.368. The Labute approximate surface area is 146 Å². The van der Waals surface area contributed by atoms with Crippen LogP contribution in [0.2, 0.25) is 0 Å². The zero-order valence-corrected chi connectivity index (χ0v) is 15.0. The van der Waals surface area contributed by atoms with E-state index in [1.807, 2.05) is 24.1 Å². The van der Waals surface area contributed by atoms with E-state index in [1.165, 1.54) is 29.7 Å². The molecule has 0 amide bonds. The lowest BCUT2D eigenvalue weighted by molar-refractivity contribution is 0.246. The van der Waals surface area contributed by atoms with E-state index in [2.05, 4.69) is 46.6 Å². The standard InChI is InChI=1S/C19H22N4S/c1-14-5-3-6-15(9-14)18-7-4-8-23(18)12-17-13-24-19(21-17)16-10-20-22(2)11-16/h3,5-6,9-11,13,18H,4,7-8,12H2,1-2H3. The van der Waals surface area contributed by atoms with Gasteiger partial charge in [-0.1, -0.05) is 29.8 Å². The van der Waals surface area contributed by atoms with Gasteiger partial charge >= 0.3 is 0 Å². The first-order valence-corrected chi connectivity index (χ1v) is 9.31. The van der Waals surface area contributed by atoms with Crippen LogP contribution in [0.4, 0.5) is 0 Å². The summed E-state index contributed by atoms with van der Waals surface area (Å²) in [6.45, 7) is 4.25. The van der Waals surface area contributed by atoms with Gasteiger partial charge in [-0.15, -0.1) is 11.3 Å². The number of hydrogen-bond acceptors (Lipinski definition) is 4. The Morgan fingerprint density at radius 2 is 2.25 bits per heavy atom. The van der Waals surface area contributed by atoms with Crippen LogP contribution in [0.25, 0.3) is 10.6 Å². The summed E-state index contributed by atoms with van der Waals surface area (Å²) < 4.78 is 1.82. The molecular formula is C19H22N4S. The highest BCUT2D eigenvalue weighted by Gasteiger charge is 2.26. The third kappa shape index (κ3) is 3.14. The lowest BCUT2D eigenvalue weighted by Gasteiger charge is -2.24. The van der Waals surface area contributed by atoms with Crippen LogP contribution >= 0.6 is 11.3 Å². The van der Waals surface area contributed by atoms with E-state index in [0.29, 0.717) is 6.04 Å². The average Bonchev–Trinajstić information content (AvgIpc) is 3.28. The van der Waals surface area contributed by atoms with Gasteiger partial charge in [0.2, 0.25) is 0 Å². The molecule has 0 aliphatic carbocycles. The fourth-order valence-electron chi connectivity index (χ4n) is 3.52. The Morgan fingerprint density at radius 1 is 1.33 bits per heavy atom. The molecule has 1 aromatic carbocycles. The van der Waals surface area contributed by atoms with E-state index < -0.39 is 0 Å². The predicted octanol–water partition coefficient (Wildman–Crippen LogP) is 4.19. The van der Waals surface area contributed by atoms with E-state index in [9.17, 15) is 0 Å². The first-order chi connectivity index (χ1) is 11.7. The van der Waals surface area contributed by atoms with Gasteiger partial charge in [0.25, 0.3) is 0 Å². The third-order valence-electron chi connectivity index (χ3n) is 4.66. The summed E-state index contributed by atoms with van der Waals surface area (Å²) in [4.78, 5) is 7.39. The molecule has 5 heteroatoms. The summed E-state index contributed by atoms with van der Waals surface area (Å²) in [5.74, 6) is 0. The minimum absolute atomic E-state index is 0.522. The molecule has 1 aliphatic heterocycles. The largest absolute Gasteiger partial charge is 0.290 e. The summed E-state index contributed by atoms with van der Waals surface area (Å²) >= 11 is 1.71. The van der Waals surface area contributed by atoms with Crippen molar-refractivity contribution in [3.63, 3.8) is 0 Å². The highest BCUT2D eigenvalue weighted by atomic mass is 32.1. The van der Waals surface area contributed by atoms with Crippen LogP contribution in [-0.2, 0) is 13.6 Å². The molecule has 0 spiro atoms. The van der Waals surface area contributed by atoms with Crippen molar-refractivity contribution in [1.29, 1.82) is 0 Å². The van der Waals surface area contributed by atoms with Crippen LogP contribution in [0.5, 0.6) is 0 Å². The van der Waals surface area contributed by atoms with Crippen LogP contribution in [0, 0.1) is 6.92 Å². The van der Waals surface area contributed by atoms with Crippen molar-refractivity contribution in [2.75, 3.05) is 6.54 Å². The van der Waals surface area contributed by atoms with Crippen molar-refractivity contribution in [2.45, 2.75) is 32.4 Å². The van der Waals surface area contributed by atoms with Gasteiger partial charge in [-0.3, -0.25) is 9.58 Å². The average molecular weight is 338 g/mol. The monoisotopic (exact) mass is 338 g/mol. The number of benzene rings is 1. The molecule has 0 radical (unpaired) electrons. The van der Waals surface area contributed by atoms with Gasteiger partial charge in [0.1, 0.15) is 5.01 Å². The Kier molecular flexibility index (Phi) is 4.21. The summed E-state index contributed by atoms with van der Waals surface area (Å²) in [5, 5.41) is 7.49. The Hall–Kier alpha value is -1.98. The normalized spacial score (nSPS) is 18.3. The SMILES string of the molecule is Cc1cccc(C2CCCN2Cc2csc(-c3cnn(C)c3)n2)c1. The summed E-state index contributed by atoms with van der Waals surface area (Å²) in [7, 11) is 1.94. The fourth-order valence-corrected chi connectivity index (χ4v) is 4.31. The molecule has 1 atom stereocenters. The van der Waals surface area contributed by atoms with Gasteiger partial charge in [0.05, 0.1) is 11.9 Å². The van der Waals surface area contributed by atoms with Crippen LogP contribution < -0.4 is 0 Å². The summed E-state index contributed by atoms with van der Waals surface area (Å²) in [5.41, 5.74) is 5.05. The first kappa shape index (κ1) is 15.5. The lowest BCUT2D eigenvalue weighted by atomic mass is 10.0. The van der Waals surface area contributed by atoms with E-state index in [0.717, 1.165) is 23.7 Å². The molecule has 4 nitrogen and oxygen atoms in total. The number of rotatable bonds is 4. The Bertz CT molecular complexity index is 835. The van der Waals surface area contributed by atoms with Gasteiger partial charge in [0, 0.05) is 36.8 Å². The molecule has 1 unspecified atom stereocenters. The Morgan fingerprint density at radius 3 is 3.04 bits per heavy atom. The molecular weight excluding hydrogens is 316 g/mol. The van der Waals surface area contributed by atoms with E-state index in [4.69, 9.17) is 4.98 Å². The van der Waals surface area contributed by atoms with Crippen molar-refractivity contribution in [2.24, 2.45) is 7.05 Å². The van der Waals surface area contributed by atoms with Crippen molar-refractivity contribution >= 4 is 11.3 Å². The smallest absolute Gasteiger partial charge is 0.126 e. The molecule has 124 valence electrons. The third-order valence-corrected chi connectivity index (χ3v) is 5.60. The number of likely N-dealkylation sites (tertiary alicyclic amines) is 1. The second-order valence-electron chi connectivity index (χ2n) is 6.59. The zero-order chi connectivity index (χ0) is 16.5. The molecule has 1 fully saturated rings. The van der Waals surface area contributed by atoms with Crippen molar-refractivity contribution in [3.05, 3.63) is 58.9 Å². The molecule has 3 heterocycles. The van der Waals surface area contributed by atoms with Gasteiger partial charge in [0.15, 0.2) is 0 Å². The number of nitrogens with zero attached hydrogens (tertiary/aromatic N) is 4. The predicted molar refractivity (Wildman–Crippen MR) is 97.9 cm³/mol. The van der Waals surface area contributed by atoms with Gasteiger partial charge in [-0.25, -0.2) is 4.98 Å². The highest BCUT2D eigenvalue weighted by Crippen LogP contribution is 2.34. The molecule has 3 aromatic rings. The number of aryl methyl sites for hydroxylation is 2. The van der Waals surface area contributed by atoms with Gasteiger partial charge < -0.3 is 0 Å². The molecule has 1 aliphatic rings. The minimum Gasteiger partial charge on any atom is -0.290 e. The molecule has 0 saturated carbocycles. The van der Waals surface area contributed by atoms with E-state index in [1.54, 1.807) is 11.3 Å². The lowest BCUT2D eigenvalue weighted by Crippen LogP contribution is -2.23. The van der Waals surface area contributed by atoms with Crippen LogP contribution in [-0.4, -0.2) is 26.2 Å². The van der Waals surface area contributed by atoms with E-state index in [-0.39, 0.29) is 0 Å². The summed E-state index contributed by atoms with van der Waals surface area (Å²) in [6.07, 6.45) is 6.41. The van der Waals surface area contributed by atoms with Crippen molar-refractivity contribution < 1.29 is 0 Å². The van der Waals surface area contributed by atoms with Crippen LogP contribution in [0.1, 0.15) is 35.7 Å². The second kappa shape index (κ2) is 6.49. The van der Waals surface area contributed by atoms with Crippen molar-refractivity contribution in [3.8, 4) is 10.6 Å². The maximum absolute atomic E-state index is 4.83. The molecule has 4 rings (SSSR count). The highest BCUT2D eigenvalue weighted by molar-refractivity contribution is 7.13. The number of hydrogen-bond donors (Lipinski definition) is 0. The number of aromatic nitrogens is 3. The number of thiazole rings is 1. The topological polar surface area (TPSA) is 34.0 Å². The second-order valence-corrected chi connectivity index (χ2v) is 7.45. The van der Waals surface area contributed by atoms with E-state index >= 15 is 0 Å². The van der Waals surface area contributed by atoms with Gasteiger partial charge in [-0.2, -0.15) is 5.10 Å². The molecule has 2 aromatic heterocycles. The summed E-state index contributed by atoms with van der Waals surface area (Å²) in [6, 6.07) is 9.45. The maximum atomic E-state index is 4.83. The molecule has 1 saturated heterocycles. The first-order valence-electron chi connectivity index (χ1n) is 8.43. The van der Waals surface area contributed by atoms with Crippen LogP contribution in [0.15, 0.2) is 42.0 Å². The van der Waals surface area contributed by atoms with Crippen LogP contribution in [0.3, 0.4) is 0 Å². The molecule has 24 heavy (non-hydrogen) atoms. The van der Waals surface area contributed by atoms with Gasteiger partial charge in [-0.05, 0) is 31.9 Å². The quantitative estimate of drug-likeness (QED) is 0.715. The Balaban J connectivity index is 1.51. The minimum atomic E-state index is 0.522. The molecule has 0 bridgehead atoms. The zero-order valence-electron chi connectivity index (χ0n) is 14.1. The maximum Gasteiger partial charge on any atom is 0.126 e.